The smallest absolute Gasteiger partial charge is 0.337 e. The fourth-order valence-corrected chi connectivity index (χ4v) is 4.03. The molecule has 0 radical (unpaired) electrons. The third-order valence-corrected chi connectivity index (χ3v) is 5.77. The van der Waals surface area contributed by atoms with Crippen LogP contribution >= 0.6 is 11.6 Å². The predicted octanol–water partition coefficient (Wildman–Crippen LogP) is 4.35. The molecule has 31 heavy (non-hydrogen) atoms. The number of hydrogen-bond acceptors (Lipinski definition) is 6. The van der Waals surface area contributed by atoms with E-state index >= 15 is 0 Å². The highest BCUT2D eigenvalue weighted by atomic mass is 35.5. The lowest BCUT2D eigenvalue weighted by Gasteiger charge is -2.32. The number of pyridine rings is 1. The Balaban J connectivity index is 1.89. The standard InChI is InChI=1S/C23H29ClN4O3/c1-3-4-19(15-9-11-25-12-10-15)27-20-7-5-16(23(30)31-2)13-18(20)22(29)28-21-8-6-17(24)14-26-21/h5-8,13-15,19,25,27H,3-4,9-12H2,1-2H3,(H,26,28,29). The van der Waals surface area contributed by atoms with Crippen molar-refractivity contribution in [1.29, 1.82) is 0 Å². The van der Waals surface area contributed by atoms with Gasteiger partial charge >= 0.3 is 5.97 Å². The molecule has 1 aliphatic rings. The summed E-state index contributed by atoms with van der Waals surface area (Å²) in [5, 5.41) is 10.3. The summed E-state index contributed by atoms with van der Waals surface area (Å²) in [7, 11) is 1.32. The van der Waals surface area contributed by atoms with Crippen LogP contribution in [-0.2, 0) is 4.74 Å². The van der Waals surface area contributed by atoms with Crippen molar-refractivity contribution in [1.82, 2.24) is 10.3 Å². The van der Waals surface area contributed by atoms with Gasteiger partial charge in [-0.15, -0.1) is 0 Å². The number of anilines is 2. The molecule has 3 N–H and O–H groups in total. The van der Waals surface area contributed by atoms with Gasteiger partial charge in [-0.25, -0.2) is 9.78 Å². The van der Waals surface area contributed by atoms with Gasteiger partial charge in [-0.3, -0.25) is 4.79 Å². The number of nitrogens with zero attached hydrogens (tertiary/aromatic N) is 1. The van der Waals surface area contributed by atoms with Gasteiger partial charge in [-0.1, -0.05) is 24.9 Å². The molecular formula is C23H29ClN4O3. The summed E-state index contributed by atoms with van der Waals surface area (Å²) in [6, 6.07) is 8.55. The molecule has 1 saturated heterocycles. The van der Waals surface area contributed by atoms with Crippen LogP contribution in [0.1, 0.15) is 53.3 Å². The van der Waals surface area contributed by atoms with Crippen LogP contribution in [0.4, 0.5) is 11.5 Å². The predicted molar refractivity (Wildman–Crippen MR) is 123 cm³/mol. The van der Waals surface area contributed by atoms with E-state index < -0.39 is 5.97 Å². The van der Waals surface area contributed by atoms with Crippen LogP contribution in [0.3, 0.4) is 0 Å². The van der Waals surface area contributed by atoms with Gasteiger partial charge in [0.15, 0.2) is 0 Å². The van der Waals surface area contributed by atoms with Crippen LogP contribution in [0.2, 0.25) is 5.02 Å². The number of aromatic nitrogens is 1. The average Bonchev–Trinajstić information content (AvgIpc) is 2.80. The number of halogens is 1. The zero-order chi connectivity index (χ0) is 22.2. The maximum atomic E-state index is 13.1. The Labute approximate surface area is 187 Å². The van der Waals surface area contributed by atoms with E-state index in [9.17, 15) is 9.59 Å². The number of piperidine rings is 1. The number of hydrogen-bond donors (Lipinski definition) is 3. The topological polar surface area (TPSA) is 92.3 Å². The van der Waals surface area contributed by atoms with Crippen molar-refractivity contribution in [3.63, 3.8) is 0 Å². The van der Waals surface area contributed by atoms with Crippen LogP contribution in [0.15, 0.2) is 36.5 Å². The zero-order valence-corrected chi connectivity index (χ0v) is 18.7. The average molecular weight is 445 g/mol. The zero-order valence-electron chi connectivity index (χ0n) is 17.9. The SMILES string of the molecule is CCCC(Nc1ccc(C(=O)OC)cc1C(=O)Nc1ccc(Cl)cn1)C1CCNCC1. The molecule has 1 aliphatic heterocycles. The Morgan fingerprint density at radius 1 is 1.26 bits per heavy atom. The molecule has 166 valence electrons. The number of rotatable bonds is 8. The number of amides is 1. The van der Waals surface area contributed by atoms with Crippen molar-refractivity contribution >= 4 is 35.0 Å². The van der Waals surface area contributed by atoms with E-state index in [-0.39, 0.29) is 11.9 Å². The molecule has 1 amide bonds. The summed E-state index contributed by atoms with van der Waals surface area (Å²) in [4.78, 5) is 29.3. The molecule has 1 fully saturated rings. The van der Waals surface area contributed by atoms with Gasteiger partial charge < -0.3 is 20.7 Å². The maximum Gasteiger partial charge on any atom is 0.337 e. The molecule has 3 rings (SSSR count). The molecule has 0 aliphatic carbocycles. The first-order valence-electron chi connectivity index (χ1n) is 10.6. The highest BCUT2D eigenvalue weighted by molar-refractivity contribution is 6.30. The second-order valence-corrected chi connectivity index (χ2v) is 8.13. The highest BCUT2D eigenvalue weighted by Gasteiger charge is 2.25. The van der Waals surface area contributed by atoms with Crippen LogP contribution in [0, 0.1) is 5.92 Å². The monoisotopic (exact) mass is 444 g/mol. The number of methoxy groups -OCH3 is 1. The van der Waals surface area contributed by atoms with Gasteiger partial charge in [-0.2, -0.15) is 0 Å². The Morgan fingerprint density at radius 2 is 2.03 bits per heavy atom. The summed E-state index contributed by atoms with van der Waals surface area (Å²) in [5.41, 5.74) is 1.38. The Bertz CT molecular complexity index is 898. The maximum absolute atomic E-state index is 13.1. The Morgan fingerprint density at radius 3 is 2.68 bits per heavy atom. The number of benzene rings is 1. The van der Waals surface area contributed by atoms with E-state index in [2.05, 4.69) is 27.9 Å². The number of carbonyl (C=O) groups excluding carboxylic acids is 2. The normalized spacial score (nSPS) is 15.2. The van der Waals surface area contributed by atoms with Crippen LogP contribution in [-0.4, -0.2) is 43.1 Å². The lowest BCUT2D eigenvalue weighted by molar-refractivity contribution is 0.0600. The second kappa shape index (κ2) is 11.1. The van der Waals surface area contributed by atoms with E-state index in [1.54, 1.807) is 30.3 Å². The molecule has 1 atom stereocenters. The fourth-order valence-electron chi connectivity index (χ4n) is 3.92. The van der Waals surface area contributed by atoms with Crippen LogP contribution in [0.25, 0.3) is 0 Å². The first-order chi connectivity index (χ1) is 15.0. The van der Waals surface area contributed by atoms with Crippen molar-refractivity contribution in [3.05, 3.63) is 52.7 Å². The van der Waals surface area contributed by atoms with E-state index in [4.69, 9.17) is 16.3 Å². The molecule has 1 aromatic carbocycles. The number of ether oxygens (including phenoxy) is 1. The van der Waals surface area contributed by atoms with Gasteiger partial charge in [-0.05, 0) is 68.6 Å². The minimum atomic E-state index is -0.492. The van der Waals surface area contributed by atoms with E-state index in [0.29, 0.717) is 33.6 Å². The lowest BCUT2D eigenvalue weighted by atomic mass is 9.87. The first kappa shape index (κ1) is 23.0. The quantitative estimate of drug-likeness (QED) is 0.524. The van der Waals surface area contributed by atoms with Crippen molar-refractivity contribution in [2.75, 3.05) is 30.8 Å². The molecule has 2 heterocycles. The molecule has 0 spiro atoms. The third-order valence-electron chi connectivity index (χ3n) is 5.55. The lowest BCUT2D eigenvalue weighted by Crippen LogP contribution is -2.38. The van der Waals surface area contributed by atoms with Gasteiger partial charge in [0.2, 0.25) is 0 Å². The molecule has 2 aromatic rings. The molecular weight excluding hydrogens is 416 g/mol. The van der Waals surface area contributed by atoms with Crippen molar-refractivity contribution in [3.8, 4) is 0 Å². The van der Waals surface area contributed by atoms with Gasteiger partial charge in [0, 0.05) is 17.9 Å². The Kier molecular flexibility index (Phi) is 8.26. The summed E-state index contributed by atoms with van der Waals surface area (Å²) in [5.74, 6) is 0.0555. The second-order valence-electron chi connectivity index (χ2n) is 7.69. The van der Waals surface area contributed by atoms with E-state index in [1.807, 2.05) is 0 Å². The van der Waals surface area contributed by atoms with Crippen molar-refractivity contribution < 1.29 is 14.3 Å². The molecule has 1 aromatic heterocycles. The molecule has 7 nitrogen and oxygen atoms in total. The van der Waals surface area contributed by atoms with Gasteiger partial charge in [0.1, 0.15) is 5.82 Å². The Hall–Kier alpha value is -2.64. The van der Waals surface area contributed by atoms with Gasteiger partial charge in [0.25, 0.3) is 5.91 Å². The summed E-state index contributed by atoms with van der Waals surface area (Å²) < 4.78 is 4.83. The molecule has 0 bridgehead atoms. The molecule has 8 heteroatoms. The molecule has 1 unspecified atom stereocenters. The molecule has 0 saturated carbocycles. The van der Waals surface area contributed by atoms with E-state index in [0.717, 1.165) is 38.8 Å². The largest absolute Gasteiger partial charge is 0.465 e. The van der Waals surface area contributed by atoms with Crippen molar-refractivity contribution in [2.24, 2.45) is 5.92 Å². The van der Waals surface area contributed by atoms with E-state index in [1.165, 1.54) is 13.3 Å². The number of carbonyl (C=O) groups is 2. The highest BCUT2D eigenvalue weighted by Crippen LogP contribution is 2.27. The summed E-state index contributed by atoms with van der Waals surface area (Å²) >= 11 is 5.88. The summed E-state index contributed by atoms with van der Waals surface area (Å²) in [6.07, 6.45) is 5.69. The fraction of sp³-hybridized carbons (Fsp3) is 0.435. The third kappa shape index (κ3) is 6.18. The summed E-state index contributed by atoms with van der Waals surface area (Å²) in [6.45, 7) is 4.17. The first-order valence-corrected chi connectivity index (χ1v) is 11.0. The van der Waals surface area contributed by atoms with Gasteiger partial charge in [0.05, 0.1) is 23.3 Å². The minimum absolute atomic E-state index is 0.247. The minimum Gasteiger partial charge on any atom is -0.465 e. The van der Waals surface area contributed by atoms with Crippen LogP contribution in [0.5, 0.6) is 0 Å². The van der Waals surface area contributed by atoms with Crippen molar-refractivity contribution in [2.45, 2.75) is 38.6 Å². The number of nitrogens with one attached hydrogen (secondary N) is 3. The number of esters is 1. The van der Waals surface area contributed by atoms with Crippen LogP contribution < -0.4 is 16.0 Å².